The Bertz CT molecular complexity index is 421. The minimum Gasteiger partial charge on any atom is -0.400 e. The molecule has 1 fully saturated rings. The standard InChI is InChI=1S/C12H19BN2O2/c1-11(2)12(3,4)17-13(16-11)7-6-10-8-15(5)9-14-10/h6-9H,1-5H3/b7-6+. The first kappa shape index (κ1) is 12.4. The molecule has 1 aromatic heterocycles. The van der Waals surface area contributed by atoms with Crippen molar-refractivity contribution in [2.75, 3.05) is 0 Å². The lowest BCUT2D eigenvalue weighted by atomic mass is 9.90. The van der Waals surface area contributed by atoms with Gasteiger partial charge in [-0.15, -0.1) is 0 Å². The minimum absolute atomic E-state index is 0.286. The molecule has 1 aliphatic heterocycles. The van der Waals surface area contributed by atoms with E-state index in [1.165, 1.54) is 0 Å². The molecule has 2 rings (SSSR count). The molecule has 0 radical (unpaired) electrons. The number of aromatic nitrogens is 2. The highest BCUT2D eigenvalue weighted by molar-refractivity contribution is 6.52. The molecule has 4 nitrogen and oxygen atoms in total. The SMILES string of the molecule is Cn1cnc(/C=C/B2OC(C)(C)C(C)(C)O2)c1. The van der Waals surface area contributed by atoms with Crippen molar-refractivity contribution in [3.05, 3.63) is 24.2 Å². The summed E-state index contributed by atoms with van der Waals surface area (Å²) in [6.07, 6.45) is 5.63. The van der Waals surface area contributed by atoms with Crippen molar-refractivity contribution in [1.82, 2.24) is 9.55 Å². The van der Waals surface area contributed by atoms with E-state index >= 15 is 0 Å². The average Bonchev–Trinajstić information content (AvgIpc) is 2.67. The van der Waals surface area contributed by atoms with Gasteiger partial charge in [0.25, 0.3) is 0 Å². The molecule has 1 aliphatic rings. The fraction of sp³-hybridized carbons (Fsp3) is 0.583. The van der Waals surface area contributed by atoms with E-state index in [-0.39, 0.29) is 18.3 Å². The van der Waals surface area contributed by atoms with E-state index in [0.717, 1.165) is 5.69 Å². The fourth-order valence-electron chi connectivity index (χ4n) is 1.66. The molecule has 0 amide bonds. The van der Waals surface area contributed by atoms with Crippen molar-refractivity contribution in [3.63, 3.8) is 0 Å². The normalized spacial score (nSPS) is 22.5. The Hall–Kier alpha value is -1.07. The van der Waals surface area contributed by atoms with Crippen LogP contribution in [0.1, 0.15) is 33.4 Å². The molecular formula is C12H19BN2O2. The largest absolute Gasteiger partial charge is 0.487 e. The lowest BCUT2D eigenvalue weighted by molar-refractivity contribution is 0.00578. The van der Waals surface area contributed by atoms with Crippen LogP contribution >= 0.6 is 0 Å². The summed E-state index contributed by atoms with van der Waals surface area (Å²) in [6, 6.07) is 0. The van der Waals surface area contributed by atoms with E-state index in [1.807, 2.05) is 57.6 Å². The predicted octanol–water partition coefficient (Wildman–Crippen LogP) is 2.06. The molecule has 17 heavy (non-hydrogen) atoms. The molecule has 0 aromatic carbocycles. The van der Waals surface area contributed by atoms with Gasteiger partial charge < -0.3 is 13.9 Å². The van der Waals surface area contributed by atoms with Crippen LogP contribution < -0.4 is 0 Å². The van der Waals surface area contributed by atoms with Gasteiger partial charge >= 0.3 is 7.12 Å². The average molecular weight is 234 g/mol. The molecule has 2 heterocycles. The molecule has 0 unspecified atom stereocenters. The molecule has 0 aliphatic carbocycles. The number of hydrogen-bond acceptors (Lipinski definition) is 3. The second-order valence-electron chi connectivity index (χ2n) is 5.45. The fourth-order valence-corrected chi connectivity index (χ4v) is 1.66. The maximum atomic E-state index is 5.85. The van der Waals surface area contributed by atoms with Gasteiger partial charge in [0.05, 0.1) is 23.2 Å². The van der Waals surface area contributed by atoms with E-state index in [2.05, 4.69) is 4.98 Å². The Kier molecular flexibility index (Phi) is 2.91. The van der Waals surface area contributed by atoms with Crippen LogP contribution in [0.15, 0.2) is 18.5 Å². The van der Waals surface area contributed by atoms with Gasteiger partial charge in [0.1, 0.15) is 0 Å². The van der Waals surface area contributed by atoms with Crippen molar-refractivity contribution in [2.24, 2.45) is 7.05 Å². The van der Waals surface area contributed by atoms with Gasteiger partial charge in [-0.25, -0.2) is 4.98 Å². The first-order valence-electron chi connectivity index (χ1n) is 5.82. The summed E-state index contributed by atoms with van der Waals surface area (Å²) in [5.74, 6) is 1.90. The van der Waals surface area contributed by atoms with Crippen LogP contribution in [0.25, 0.3) is 6.08 Å². The van der Waals surface area contributed by atoms with Crippen LogP contribution in [0, 0.1) is 0 Å². The smallest absolute Gasteiger partial charge is 0.400 e. The van der Waals surface area contributed by atoms with Crippen LogP contribution in [0.2, 0.25) is 0 Å². The maximum Gasteiger partial charge on any atom is 0.487 e. The van der Waals surface area contributed by atoms with Crippen molar-refractivity contribution >= 4 is 13.2 Å². The van der Waals surface area contributed by atoms with E-state index < -0.39 is 0 Å². The molecule has 1 saturated heterocycles. The van der Waals surface area contributed by atoms with E-state index in [4.69, 9.17) is 9.31 Å². The Morgan fingerprint density at radius 2 is 1.82 bits per heavy atom. The van der Waals surface area contributed by atoms with E-state index in [9.17, 15) is 0 Å². The van der Waals surface area contributed by atoms with Gasteiger partial charge in [-0.2, -0.15) is 0 Å². The van der Waals surface area contributed by atoms with Gasteiger partial charge in [0.15, 0.2) is 0 Å². The van der Waals surface area contributed by atoms with Crippen LogP contribution in [-0.2, 0) is 16.4 Å². The van der Waals surface area contributed by atoms with Gasteiger partial charge in [-0.3, -0.25) is 0 Å². The van der Waals surface area contributed by atoms with E-state index in [1.54, 1.807) is 6.33 Å². The maximum absolute atomic E-state index is 5.85. The molecule has 5 heteroatoms. The monoisotopic (exact) mass is 234 g/mol. The molecule has 0 atom stereocenters. The molecular weight excluding hydrogens is 215 g/mol. The first-order valence-corrected chi connectivity index (χ1v) is 5.82. The second-order valence-corrected chi connectivity index (χ2v) is 5.45. The van der Waals surface area contributed by atoms with Gasteiger partial charge in [0, 0.05) is 13.2 Å². The molecule has 0 spiro atoms. The lowest BCUT2D eigenvalue weighted by Crippen LogP contribution is -2.41. The lowest BCUT2D eigenvalue weighted by Gasteiger charge is -2.32. The topological polar surface area (TPSA) is 36.3 Å². The highest BCUT2D eigenvalue weighted by atomic mass is 16.7. The predicted molar refractivity (Wildman–Crippen MR) is 68.3 cm³/mol. The van der Waals surface area contributed by atoms with E-state index in [0.29, 0.717) is 0 Å². The van der Waals surface area contributed by atoms with Crippen LogP contribution in [0.4, 0.5) is 0 Å². The third kappa shape index (κ3) is 2.45. The quantitative estimate of drug-likeness (QED) is 0.735. The van der Waals surface area contributed by atoms with Gasteiger partial charge in [-0.1, -0.05) is 5.98 Å². The molecule has 1 aromatic rings. The van der Waals surface area contributed by atoms with Crippen LogP contribution in [-0.4, -0.2) is 27.9 Å². The van der Waals surface area contributed by atoms with Crippen molar-refractivity contribution in [1.29, 1.82) is 0 Å². The number of hydrogen-bond donors (Lipinski definition) is 0. The summed E-state index contributed by atoms with van der Waals surface area (Å²) in [6.45, 7) is 8.17. The summed E-state index contributed by atoms with van der Waals surface area (Å²) in [5, 5.41) is 0. The number of aryl methyl sites for hydroxylation is 1. The number of nitrogens with zero attached hydrogens (tertiary/aromatic N) is 2. The third-order valence-electron chi connectivity index (χ3n) is 3.42. The second kappa shape index (κ2) is 4.00. The Labute approximate surface area is 103 Å². The van der Waals surface area contributed by atoms with Gasteiger partial charge in [-0.05, 0) is 33.8 Å². The number of imidazole rings is 1. The van der Waals surface area contributed by atoms with Crippen molar-refractivity contribution in [3.8, 4) is 0 Å². The summed E-state index contributed by atoms with van der Waals surface area (Å²) in [4.78, 5) is 4.21. The van der Waals surface area contributed by atoms with Crippen LogP contribution in [0.3, 0.4) is 0 Å². The van der Waals surface area contributed by atoms with Crippen LogP contribution in [0.5, 0.6) is 0 Å². The number of rotatable bonds is 2. The molecule has 0 N–H and O–H groups in total. The summed E-state index contributed by atoms with van der Waals surface area (Å²) < 4.78 is 13.6. The third-order valence-corrected chi connectivity index (χ3v) is 3.42. The first-order chi connectivity index (χ1) is 7.80. The molecule has 0 bridgehead atoms. The Balaban J connectivity index is 2.05. The Morgan fingerprint density at radius 1 is 1.24 bits per heavy atom. The van der Waals surface area contributed by atoms with Crippen molar-refractivity contribution in [2.45, 2.75) is 38.9 Å². The van der Waals surface area contributed by atoms with Crippen molar-refractivity contribution < 1.29 is 9.31 Å². The summed E-state index contributed by atoms with van der Waals surface area (Å²) in [7, 11) is 1.64. The molecule has 92 valence electrons. The zero-order chi connectivity index (χ0) is 12.7. The minimum atomic E-state index is -0.304. The zero-order valence-electron chi connectivity index (χ0n) is 11.1. The highest BCUT2D eigenvalue weighted by Crippen LogP contribution is 2.36. The molecule has 0 saturated carbocycles. The zero-order valence-corrected chi connectivity index (χ0v) is 11.1. The Morgan fingerprint density at radius 3 is 2.29 bits per heavy atom. The van der Waals surface area contributed by atoms with Gasteiger partial charge in [0.2, 0.25) is 0 Å². The summed E-state index contributed by atoms with van der Waals surface area (Å²) >= 11 is 0. The highest BCUT2D eigenvalue weighted by Gasteiger charge is 2.49. The summed E-state index contributed by atoms with van der Waals surface area (Å²) in [5.41, 5.74) is 0.334.